The molecule has 2 bridgehead atoms. The molecule has 3 aliphatic carbocycles. The van der Waals surface area contributed by atoms with Gasteiger partial charge in [0.1, 0.15) is 5.78 Å². The highest BCUT2D eigenvalue weighted by Crippen LogP contribution is 2.69. The zero-order valence-electron chi connectivity index (χ0n) is 23.5. The molecule has 214 valence electrons. The fraction of sp³-hybridized carbons (Fsp3) is 0.724. The minimum atomic E-state index is -1.48. The fourth-order valence-corrected chi connectivity index (χ4v) is 9.14. The molecule has 4 N–H and O–H groups in total. The fourth-order valence-electron chi connectivity index (χ4n) is 9.14. The first-order valence-electron chi connectivity index (χ1n) is 14.2. The van der Waals surface area contributed by atoms with Crippen molar-refractivity contribution in [3.63, 3.8) is 0 Å². The predicted molar refractivity (Wildman–Crippen MR) is 143 cm³/mol. The minimum absolute atomic E-state index is 0.00879. The van der Waals surface area contributed by atoms with Gasteiger partial charge in [0.05, 0.1) is 12.7 Å². The standard InChI is InChI=1S/C29H41BFNO7/c1-15-8-10-29-11-9-19(33)24(29)28(15,4)18(12-27(3,14-32-5)25(34)16(29)2)23(26(35)36)39-20-7-6-17-13-38-30(37)21(17)22(20)31/h6-7,15-16,18,23-25,32,34,37H,8-14H2,1-5H3,(H,35,36)/t15-,16+,18+,23?,24+,25+,27+,28-,29+/m1/s1. The normalized spacial score (nSPS) is 40.5. The summed E-state index contributed by atoms with van der Waals surface area (Å²) in [6.45, 7) is 8.64. The highest BCUT2D eigenvalue weighted by molar-refractivity contribution is 6.61. The maximum atomic E-state index is 15.6. The smallest absolute Gasteiger partial charge is 0.478 e. The summed E-state index contributed by atoms with van der Waals surface area (Å²) in [5.74, 6) is -3.50. The quantitative estimate of drug-likeness (QED) is 0.402. The number of hydrogen-bond acceptors (Lipinski definition) is 7. The molecule has 0 spiro atoms. The second-order valence-electron chi connectivity index (χ2n) is 13.2. The van der Waals surface area contributed by atoms with E-state index in [4.69, 9.17) is 9.39 Å². The van der Waals surface area contributed by atoms with E-state index in [0.29, 0.717) is 24.9 Å². The summed E-state index contributed by atoms with van der Waals surface area (Å²) in [6.07, 6.45) is 0.707. The van der Waals surface area contributed by atoms with Crippen molar-refractivity contribution < 1.29 is 38.6 Å². The maximum Gasteiger partial charge on any atom is 0.494 e. The van der Waals surface area contributed by atoms with Gasteiger partial charge in [-0.25, -0.2) is 9.18 Å². The highest BCUT2D eigenvalue weighted by atomic mass is 19.1. The Hall–Kier alpha value is -2.01. The highest BCUT2D eigenvalue weighted by Gasteiger charge is 2.69. The SMILES string of the molecule is CNC[C@]1(C)C[C@@H](C(Oc2ccc3c(c2F)B(O)OC3)C(=O)O)[C@@]2(C)[C@H](C)CC[C@]3(CCC(=O)[C@H]32)[C@@H](C)[C@@H]1O. The lowest BCUT2D eigenvalue weighted by atomic mass is 9.41. The molecule has 1 aliphatic heterocycles. The molecular formula is C29H41BFNO7. The molecule has 0 aromatic heterocycles. The number of carbonyl (C=O) groups excluding carboxylic acids is 1. The molecule has 3 fully saturated rings. The summed E-state index contributed by atoms with van der Waals surface area (Å²) in [4.78, 5) is 26.7. The number of rotatable bonds is 6. The number of aliphatic hydroxyl groups excluding tert-OH is 1. The first-order chi connectivity index (χ1) is 18.3. The number of fused-ring (bicyclic) bond motifs is 1. The average Bonchev–Trinajstić information content (AvgIpc) is 3.44. The summed E-state index contributed by atoms with van der Waals surface area (Å²) in [6, 6.07) is 2.96. The zero-order chi connectivity index (χ0) is 28.5. The van der Waals surface area contributed by atoms with Crippen LogP contribution in [0, 0.1) is 45.7 Å². The van der Waals surface area contributed by atoms with Crippen LogP contribution in [0.3, 0.4) is 0 Å². The Labute approximate surface area is 229 Å². The van der Waals surface area contributed by atoms with Gasteiger partial charge >= 0.3 is 13.1 Å². The molecule has 1 aromatic rings. The third kappa shape index (κ3) is 4.08. The van der Waals surface area contributed by atoms with Gasteiger partial charge < -0.3 is 29.9 Å². The van der Waals surface area contributed by atoms with E-state index < -0.39 is 59.2 Å². The van der Waals surface area contributed by atoms with E-state index in [-0.39, 0.29) is 41.9 Å². The largest absolute Gasteiger partial charge is 0.494 e. The van der Waals surface area contributed by atoms with Crippen LogP contribution >= 0.6 is 0 Å². The molecule has 5 rings (SSSR count). The number of carboxylic acids is 1. The monoisotopic (exact) mass is 545 g/mol. The number of ketones is 1. The molecule has 0 saturated heterocycles. The molecule has 1 unspecified atom stereocenters. The first kappa shape index (κ1) is 28.5. The predicted octanol–water partition coefficient (Wildman–Crippen LogP) is 2.52. The molecule has 4 aliphatic rings. The van der Waals surface area contributed by atoms with Crippen LogP contribution in [0.15, 0.2) is 12.1 Å². The Kier molecular flexibility index (Phi) is 7.18. The first-order valence-corrected chi connectivity index (χ1v) is 14.2. The number of hydrogen-bond donors (Lipinski definition) is 4. The number of carboxylic acid groups (broad SMARTS) is 1. The van der Waals surface area contributed by atoms with E-state index in [9.17, 15) is 24.8 Å². The summed E-state index contributed by atoms with van der Waals surface area (Å²) in [5, 5.41) is 35.9. The van der Waals surface area contributed by atoms with Gasteiger partial charge in [-0.1, -0.05) is 33.8 Å². The topological polar surface area (TPSA) is 125 Å². The summed E-state index contributed by atoms with van der Waals surface area (Å²) in [5.41, 5.74) is -1.47. The van der Waals surface area contributed by atoms with Gasteiger partial charge in [-0.15, -0.1) is 0 Å². The van der Waals surface area contributed by atoms with E-state index in [0.717, 1.165) is 12.8 Å². The van der Waals surface area contributed by atoms with Crippen molar-refractivity contribution in [3.8, 4) is 5.75 Å². The van der Waals surface area contributed by atoms with Gasteiger partial charge in [-0.2, -0.15) is 0 Å². The lowest BCUT2D eigenvalue weighted by molar-refractivity contribution is -0.198. The van der Waals surface area contributed by atoms with Crippen LogP contribution in [0.5, 0.6) is 5.75 Å². The Bertz CT molecular complexity index is 1170. The lowest BCUT2D eigenvalue weighted by Crippen LogP contribution is -2.64. The number of Topliss-reactive ketones (excluding diaryl/α,β-unsaturated/α-hetero) is 1. The number of ether oxygens (including phenoxy) is 1. The third-order valence-electron chi connectivity index (χ3n) is 11.4. The number of benzene rings is 1. The molecule has 8 nitrogen and oxygen atoms in total. The van der Waals surface area contributed by atoms with E-state index in [1.807, 2.05) is 13.8 Å². The average molecular weight is 545 g/mol. The maximum absolute atomic E-state index is 15.6. The van der Waals surface area contributed by atoms with Crippen LogP contribution in [-0.4, -0.2) is 59.9 Å². The second-order valence-corrected chi connectivity index (χ2v) is 13.2. The van der Waals surface area contributed by atoms with Crippen molar-refractivity contribution >= 4 is 24.3 Å². The molecule has 1 aromatic carbocycles. The minimum Gasteiger partial charge on any atom is -0.478 e. The number of halogens is 1. The molecule has 9 atom stereocenters. The zero-order valence-corrected chi connectivity index (χ0v) is 23.5. The van der Waals surface area contributed by atoms with Crippen LogP contribution < -0.4 is 15.5 Å². The number of aliphatic hydroxyl groups is 1. The van der Waals surface area contributed by atoms with E-state index in [2.05, 4.69) is 19.2 Å². The van der Waals surface area contributed by atoms with Gasteiger partial charge in [0.25, 0.3) is 0 Å². The number of aliphatic carboxylic acids is 1. The van der Waals surface area contributed by atoms with Gasteiger partial charge in [-0.05, 0) is 67.0 Å². The van der Waals surface area contributed by atoms with E-state index in [1.54, 1.807) is 13.1 Å². The molecule has 1 heterocycles. The molecule has 0 radical (unpaired) electrons. The number of nitrogens with one attached hydrogen (secondary N) is 1. The summed E-state index contributed by atoms with van der Waals surface area (Å²) < 4.78 is 26.8. The lowest BCUT2D eigenvalue weighted by Gasteiger charge is -2.63. The Morgan fingerprint density at radius 1 is 1.31 bits per heavy atom. The Balaban J connectivity index is 1.67. The van der Waals surface area contributed by atoms with Crippen LogP contribution in [-0.2, 0) is 20.9 Å². The second kappa shape index (κ2) is 9.82. The molecular weight excluding hydrogens is 504 g/mol. The van der Waals surface area contributed by atoms with Crippen LogP contribution in [0.1, 0.15) is 65.4 Å². The van der Waals surface area contributed by atoms with Gasteiger partial charge in [0.15, 0.2) is 17.7 Å². The van der Waals surface area contributed by atoms with Crippen molar-refractivity contribution in [2.45, 2.75) is 78.6 Å². The molecule has 10 heteroatoms. The molecule has 3 saturated carbocycles. The van der Waals surface area contributed by atoms with Crippen molar-refractivity contribution in [1.29, 1.82) is 0 Å². The van der Waals surface area contributed by atoms with Gasteiger partial charge in [-0.3, -0.25) is 4.79 Å². The van der Waals surface area contributed by atoms with Crippen molar-refractivity contribution in [1.82, 2.24) is 5.32 Å². The third-order valence-corrected chi connectivity index (χ3v) is 11.4. The molecule has 39 heavy (non-hydrogen) atoms. The summed E-state index contributed by atoms with van der Waals surface area (Å²) >= 11 is 0. The van der Waals surface area contributed by atoms with Crippen molar-refractivity contribution in [2.75, 3.05) is 13.6 Å². The van der Waals surface area contributed by atoms with Crippen LogP contribution in [0.25, 0.3) is 0 Å². The summed E-state index contributed by atoms with van der Waals surface area (Å²) in [7, 11) is 0.358. The molecule has 0 amide bonds. The number of carbonyl (C=O) groups is 2. The van der Waals surface area contributed by atoms with Crippen molar-refractivity contribution in [2.24, 2.45) is 39.9 Å². The Morgan fingerprint density at radius 3 is 2.69 bits per heavy atom. The van der Waals surface area contributed by atoms with Crippen molar-refractivity contribution in [3.05, 3.63) is 23.5 Å². The van der Waals surface area contributed by atoms with E-state index in [1.165, 1.54) is 6.07 Å². The van der Waals surface area contributed by atoms with Gasteiger partial charge in [0, 0.05) is 35.7 Å². The van der Waals surface area contributed by atoms with Crippen LogP contribution in [0.4, 0.5) is 4.39 Å². The Morgan fingerprint density at radius 2 is 2.03 bits per heavy atom. The van der Waals surface area contributed by atoms with Crippen LogP contribution in [0.2, 0.25) is 0 Å². The van der Waals surface area contributed by atoms with Gasteiger partial charge in [0.2, 0.25) is 0 Å². The van der Waals surface area contributed by atoms with E-state index >= 15 is 4.39 Å².